The van der Waals surface area contributed by atoms with Crippen molar-refractivity contribution >= 4 is 11.6 Å². The highest BCUT2D eigenvalue weighted by Crippen LogP contribution is 2.41. The first-order valence-electron chi connectivity index (χ1n) is 13.6. The molecule has 0 aromatic heterocycles. The van der Waals surface area contributed by atoms with E-state index in [0.717, 1.165) is 38.5 Å². The molecule has 212 valence electrons. The molecule has 0 radical (unpaired) electrons. The minimum atomic E-state index is -4.37. The number of hydrogen-bond donors (Lipinski definition) is 0. The van der Waals surface area contributed by atoms with Gasteiger partial charge < -0.3 is 9.80 Å². The number of amides is 1. The first kappa shape index (κ1) is 28.1. The molecule has 4 nitrogen and oxygen atoms in total. The van der Waals surface area contributed by atoms with E-state index in [1.807, 2.05) is 9.80 Å². The van der Waals surface area contributed by atoms with E-state index in [1.165, 1.54) is 36.4 Å². The molecule has 40 heavy (non-hydrogen) atoms. The molecule has 0 saturated carbocycles. The molecule has 2 saturated heterocycles. The Kier molecular flexibility index (Phi) is 8.12. The van der Waals surface area contributed by atoms with E-state index in [9.17, 15) is 26.7 Å². The molecule has 2 aliphatic rings. The quantitative estimate of drug-likeness (QED) is 0.329. The highest BCUT2D eigenvalue weighted by Gasteiger charge is 2.46. The van der Waals surface area contributed by atoms with Gasteiger partial charge in [-0.2, -0.15) is 13.2 Å². The van der Waals surface area contributed by atoms with E-state index in [2.05, 4.69) is 4.90 Å². The molecule has 2 aliphatic heterocycles. The van der Waals surface area contributed by atoms with Crippen LogP contribution in [0.1, 0.15) is 36.0 Å². The predicted octanol–water partition coefficient (Wildman–Crippen LogP) is 6.10. The minimum absolute atomic E-state index is 0.0636. The second-order valence-electron chi connectivity index (χ2n) is 10.5. The number of piperidine rings is 1. The van der Waals surface area contributed by atoms with Crippen LogP contribution in [0.3, 0.4) is 0 Å². The maximum atomic E-state index is 14.0. The summed E-state index contributed by atoms with van der Waals surface area (Å²) in [5.41, 5.74) is 0.320. The summed E-state index contributed by atoms with van der Waals surface area (Å²) in [4.78, 5) is 20.1. The molecule has 0 spiro atoms. The SMILES string of the molecule is O=C1N(CCCN2CCN(c3cccc(C(F)(F)F)c3)CC2)CCCC1(c1ccc(F)cc1)c1ccc(F)cc1. The number of likely N-dealkylation sites (tertiary alicyclic amines) is 1. The van der Waals surface area contributed by atoms with E-state index in [4.69, 9.17) is 0 Å². The van der Waals surface area contributed by atoms with Crippen molar-refractivity contribution in [1.82, 2.24) is 9.80 Å². The van der Waals surface area contributed by atoms with Gasteiger partial charge in [0.25, 0.3) is 0 Å². The highest BCUT2D eigenvalue weighted by atomic mass is 19.4. The lowest BCUT2D eigenvalue weighted by Crippen LogP contribution is -2.53. The average Bonchev–Trinajstić information content (AvgIpc) is 2.95. The Morgan fingerprint density at radius 1 is 0.750 bits per heavy atom. The second-order valence-corrected chi connectivity index (χ2v) is 10.5. The Bertz CT molecular complexity index is 1260. The zero-order valence-electron chi connectivity index (χ0n) is 22.1. The number of alkyl halides is 3. The molecule has 3 aromatic rings. The molecule has 0 atom stereocenters. The normalized spacial score (nSPS) is 18.3. The first-order chi connectivity index (χ1) is 19.2. The summed E-state index contributed by atoms with van der Waals surface area (Å²) in [6, 6.07) is 17.4. The van der Waals surface area contributed by atoms with Crippen LogP contribution in [-0.2, 0) is 16.4 Å². The molecule has 1 amide bonds. The molecule has 9 heteroatoms. The number of anilines is 1. The van der Waals surface area contributed by atoms with Crippen LogP contribution >= 0.6 is 0 Å². The first-order valence-corrected chi connectivity index (χ1v) is 13.6. The fourth-order valence-electron chi connectivity index (χ4n) is 5.99. The predicted molar refractivity (Wildman–Crippen MR) is 144 cm³/mol. The van der Waals surface area contributed by atoms with E-state index in [0.29, 0.717) is 49.4 Å². The van der Waals surface area contributed by atoms with Crippen LogP contribution in [0.15, 0.2) is 72.8 Å². The van der Waals surface area contributed by atoms with Crippen molar-refractivity contribution in [1.29, 1.82) is 0 Å². The minimum Gasteiger partial charge on any atom is -0.369 e. The third kappa shape index (κ3) is 5.84. The van der Waals surface area contributed by atoms with Crippen molar-refractivity contribution in [3.8, 4) is 0 Å². The van der Waals surface area contributed by atoms with Crippen LogP contribution < -0.4 is 4.90 Å². The number of halogens is 5. The summed E-state index contributed by atoms with van der Waals surface area (Å²) in [5, 5.41) is 0. The molecular weight excluding hydrogens is 525 g/mol. The largest absolute Gasteiger partial charge is 0.416 e. The maximum Gasteiger partial charge on any atom is 0.416 e. The van der Waals surface area contributed by atoms with Crippen molar-refractivity contribution in [2.24, 2.45) is 0 Å². The lowest BCUT2D eigenvalue weighted by molar-refractivity contribution is -0.139. The monoisotopic (exact) mass is 557 g/mol. The molecule has 0 N–H and O–H groups in total. The summed E-state index contributed by atoms with van der Waals surface area (Å²) >= 11 is 0. The summed E-state index contributed by atoms with van der Waals surface area (Å²) in [6.07, 6.45) is -2.31. The Morgan fingerprint density at radius 2 is 1.35 bits per heavy atom. The Morgan fingerprint density at radius 3 is 1.93 bits per heavy atom. The van der Waals surface area contributed by atoms with Gasteiger partial charge in [0, 0.05) is 45.0 Å². The second kappa shape index (κ2) is 11.6. The van der Waals surface area contributed by atoms with Crippen molar-refractivity contribution in [2.45, 2.75) is 30.9 Å². The summed E-state index contributed by atoms with van der Waals surface area (Å²) in [5.74, 6) is -0.830. The molecule has 0 aliphatic carbocycles. The third-order valence-corrected chi connectivity index (χ3v) is 8.12. The van der Waals surface area contributed by atoms with Crippen molar-refractivity contribution in [2.75, 3.05) is 50.7 Å². The fraction of sp³-hybridized carbons (Fsp3) is 0.387. The average molecular weight is 558 g/mol. The summed E-state index contributed by atoms with van der Waals surface area (Å²) in [6.45, 7) is 4.63. The topological polar surface area (TPSA) is 26.8 Å². The van der Waals surface area contributed by atoms with Crippen molar-refractivity contribution < 1.29 is 26.7 Å². The lowest BCUT2D eigenvalue weighted by Gasteiger charge is -2.43. The van der Waals surface area contributed by atoms with Gasteiger partial charge in [-0.15, -0.1) is 0 Å². The Hall–Kier alpha value is -3.46. The van der Waals surface area contributed by atoms with Gasteiger partial charge in [0.05, 0.1) is 11.0 Å². The van der Waals surface area contributed by atoms with Crippen LogP contribution in [-0.4, -0.2) is 61.5 Å². The molecular formula is C31H32F5N3O. The zero-order valence-corrected chi connectivity index (χ0v) is 22.1. The van der Waals surface area contributed by atoms with Gasteiger partial charge in [-0.1, -0.05) is 30.3 Å². The summed E-state index contributed by atoms with van der Waals surface area (Å²) < 4.78 is 66.8. The van der Waals surface area contributed by atoms with Crippen LogP contribution in [0.2, 0.25) is 0 Å². The molecule has 5 rings (SSSR count). The van der Waals surface area contributed by atoms with Gasteiger partial charge in [0.2, 0.25) is 5.91 Å². The third-order valence-electron chi connectivity index (χ3n) is 8.12. The van der Waals surface area contributed by atoms with Gasteiger partial charge >= 0.3 is 6.18 Å². The molecule has 2 heterocycles. The van der Waals surface area contributed by atoms with Crippen LogP contribution in [0.4, 0.5) is 27.6 Å². The van der Waals surface area contributed by atoms with Crippen LogP contribution in [0.25, 0.3) is 0 Å². The van der Waals surface area contributed by atoms with Crippen LogP contribution in [0, 0.1) is 11.6 Å². The number of carbonyl (C=O) groups is 1. The number of hydrogen-bond acceptors (Lipinski definition) is 3. The molecule has 2 fully saturated rings. The Balaban J connectivity index is 1.21. The Labute approximate surface area is 231 Å². The van der Waals surface area contributed by atoms with Gasteiger partial charge in [0.15, 0.2) is 0 Å². The van der Waals surface area contributed by atoms with E-state index < -0.39 is 17.2 Å². The van der Waals surface area contributed by atoms with Gasteiger partial charge in [-0.05, 0) is 79.4 Å². The van der Waals surface area contributed by atoms with Crippen molar-refractivity contribution in [3.63, 3.8) is 0 Å². The number of piperazine rings is 1. The smallest absolute Gasteiger partial charge is 0.369 e. The zero-order chi connectivity index (χ0) is 28.3. The standard InChI is InChI=1S/C31H32F5N3O/c32-26-10-6-23(7-11-26)30(24-8-12-27(33)13-9-24)14-2-16-39(29(30)40)17-3-15-37-18-20-38(21-19-37)28-5-1-4-25(22-28)31(34,35)36/h1,4-13,22H,2-3,14-21H2. The summed E-state index contributed by atoms with van der Waals surface area (Å²) in [7, 11) is 0. The highest BCUT2D eigenvalue weighted by molar-refractivity contribution is 5.93. The van der Waals surface area contributed by atoms with E-state index in [-0.39, 0.29) is 17.5 Å². The molecule has 3 aromatic carbocycles. The molecule has 0 bridgehead atoms. The van der Waals surface area contributed by atoms with Gasteiger partial charge in [-0.25, -0.2) is 8.78 Å². The van der Waals surface area contributed by atoms with Gasteiger partial charge in [-0.3, -0.25) is 9.69 Å². The van der Waals surface area contributed by atoms with Crippen molar-refractivity contribution in [3.05, 3.63) is 101 Å². The number of rotatable bonds is 7. The lowest BCUT2D eigenvalue weighted by atomic mass is 9.68. The number of nitrogens with zero attached hydrogens (tertiary/aromatic N) is 3. The maximum absolute atomic E-state index is 14.0. The number of benzene rings is 3. The molecule has 0 unspecified atom stereocenters. The van der Waals surface area contributed by atoms with Crippen LogP contribution in [0.5, 0.6) is 0 Å². The van der Waals surface area contributed by atoms with E-state index in [1.54, 1.807) is 30.3 Å². The van der Waals surface area contributed by atoms with E-state index >= 15 is 0 Å². The fourth-order valence-corrected chi connectivity index (χ4v) is 5.99. The van der Waals surface area contributed by atoms with Gasteiger partial charge in [0.1, 0.15) is 11.6 Å². The number of carbonyl (C=O) groups excluding carboxylic acids is 1.